The molecule has 0 aliphatic heterocycles. The van der Waals surface area contributed by atoms with Crippen LogP contribution in [0.25, 0.3) is 0 Å². The second-order valence-corrected chi connectivity index (χ2v) is 0. The van der Waals surface area contributed by atoms with Gasteiger partial charge in [-0.2, -0.15) is 0 Å². The van der Waals surface area contributed by atoms with Crippen molar-refractivity contribution in [3.63, 3.8) is 0 Å². The normalized spacial score (nSPS) is 0. The molecule has 0 aliphatic rings. The Kier molecular flexibility index (Phi) is 256. The zero-order valence-electron chi connectivity index (χ0n) is 1.21. The molecule has 4 heavy (non-hydrogen) atoms. The van der Waals surface area contributed by atoms with Gasteiger partial charge in [-0.1, -0.05) is 0 Å². The number of hydrogen-bond acceptors (Lipinski definition) is 0. The van der Waals surface area contributed by atoms with Gasteiger partial charge in [-0.05, 0) is 0 Å². The zero-order valence-corrected chi connectivity index (χ0v) is 4.17. The minimum Gasteiger partial charge on any atom is 0 e. The Hall–Kier alpha value is 1.65. The molecule has 0 bridgehead atoms. The van der Waals surface area contributed by atoms with Gasteiger partial charge in [-0.15, -0.1) is 0 Å². The van der Waals surface area contributed by atoms with Gasteiger partial charge in [-0.3, -0.25) is 0 Å². The van der Waals surface area contributed by atoms with E-state index in [1.165, 1.54) is 0 Å². The fourth-order valence-electron chi connectivity index (χ4n) is 0. The molecule has 18 valence electrons. The maximum atomic E-state index is 0. The molecule has 0 atom stereocenters. The van der Waals surface area contributed by atoms with Crippen molar-refractivity contribution in [2.45, 2.75) is 0 Å². The van der Waals surface area contributed by atoms with Gasteiger partial charge in [0.25, 0.3) is 0 Å². The van der Waals surface area contributed by atoms with E-state index in [0.29, 0.717) is 0 Å². The van der Waals surface area contributed by atoms with Crippen LogP contribution < -0.4 is 0 Å². The summed E-state index contributed by atoms with van der Waals surface area (Å²) in [6.45, 7) is 0. The maximum Gasteiger partial charge on any atom is 0 e. The van der Waals surface area contributed by atoms with Crippen LogP contribution in [0.1, 0.15) is 0 Å². The molecule has 0 aromatic carbocycles. The first kappa shape index (κ1) is 44.9. The van der Waals surface area contributed by atoms with E-state index in [1.54, 1.807) is 0 Å². The van der Waals surface area contributed by atoms with E-state index in [4.69, 9.17) is 0 Å². The zero-order chi connectivity index (χ0) is 0. The standard InChI is InChI=1S/BH3.Na.H2O.Zn.H/h1H3;;1H2;;. The Labute approximate surface area is 62.5 Å². The molecule has 0 aliphatic carbocycles. The summed E-state index contributed by atoms with van der Waals surface area (Å²) in [7, 11) is 0. The average Bonchev–Trinajstić information content (AvgIpc) is 0. The SMILES string of the molecule is B.O.[NaH].[Zn]. The Morgan fingerprint density at radius 2 is 1.00 bits per heavy atom. The molecule has 0 aromatic heterocycles. The van der Waals surface area contributed by atoms with Crippen molar-refractivity contribution in [3.8, 4) is 0 Å². The summed E-state index contributed by atoms with van der Waals surface area (Å²) in [5.74, 6) is 0. The summed E-state index contributed by atoms with van der Waals surface area (Å²) in [4.78, 5) is 0. The van der Waals surface area contributed by atoms with E-state index >= 15 is 0 Å². The molecule has 0 saturated carbocycles. The molecule has 0 rings (SSSR count). The van der Waals surface area contributed by atoms with Crippen LogP contribution in [0.5, 0.6) is 0 Å². The van der Waals surface area contributed by atoms with E-state index in [-0.39, 0.29) is 62.9 Å². The van der Waals surface area contributed by atoms with Gasteiger partial charge in [0, 0.05) is 19.5 Å². The molecule has 0 amide bonds. The summed E-state index contributed by atoms with van der Waals surface area (Å²) < 4.78 is 0. The molecule has 0 saturated heterocycles. The van der Waals surface area contributed by atoms with Gasteiger partial charge in [-0.25, -0.2) is 0 Å². The van der Waals surface area contributed by atoms with Crippen molar-refractivity contribution < 1.29 is 25.0 Å². The predicted molar refractivity (Wildman–Crippen MR) is 20.7 cm³/mol. The van der Waals surface area contributed by atoms with Crippen LogP contribution in [-0.2, 0) is 19.5 Å². The molecule has 1 nitrogen and oxygen atoms in total. The van der Waals surface area contributed by atoms with E-state index in [2.05, 4.69) is 0 Å². The molecule has 0 unspecified atom stereocenters. The van der Waals surface area contributed by atoms with Gasteiger partial charge in [0.05, 0.1) is 8.41 Å². The molecule has 0 radical (unpaired) electrons. The van der Waals surface area contributed by atoms with Crippen LogP contribution in [-0.4, -0.2) is 43.4 Å². The van der Waals surface area contributed by atoms with Crippen molar-refractivity contribution in [2.24, 2.45) is 0 Å². The Balaban J connectivity index is 0. The van der Waals surface area contributed by atoms with E-state index in [0.717, 1.165) is 0 Å². The Morgan fingerprint density at radius 3 is 1.00 bits per heavy atom. The third-order valence-electron chi connectivity index (χ3n) is 0. The minimum atomic E-state index is 0. The largest absolute Gasteiger partial charge is 0 e. The van der Waals surface area contributed by atoms with E-state index < -0.39 is 0 Å². The fraction of sp³-hybridized carbons (Fsp3) is 0. The van der Waals surface area contributed by atoms with Crippen LogP contribution in [0.15, 0.2) is 0 Å². The topological polar surface area (TPSA) is 31.5 Å². The molecule has 0 fully saturated rings. The molecule has 2 N–H and O–H groups in total. The van der Waals surface area contributed by atoms with Gasteiger partial charge in [0.2, 0.25) is 0 Å². The molecular formula is H6BNaOZn. The van der Waals surface area contributed by atoms with Crippen LogP contribution >= 0.6 is 0 Å². The molecule has 0 heterocycles. The quantitative estimate of drug-likeness (QED) is 0.313. The first-order valence-electron chi connectivity index (χ1n) is 0. The van der Waals surface area contributed by atoms with E-state index in [1.807, 2.05) is 0 Å². The fourth-order valence-corrected chi connectivity index (χ4v) is 0. The van der Waals surface area contributed by atoms with Crippen LogP contribution in [0.2, 0.25) is 0 Å². The second-order valence-electron chi connectivity index (χ2n) is 0. The van der Waals surface area contributed by atoms with Gasteiger partial charge in [0.1, 0.15) is 0 Å². The molecular weight excluding hydrogens is 115 g/mol. The second kappa shape index (κ2) is 22.8. The van der Waals surface area contributed by atoms with Gasteiger partial charge < -0.3 is 5.48 Å². The van der Waals surface area contributed by atoms with E-state index in [9.17, 15) is 0 Å². The third-order valence-corrected chi connectivity index (χ3v) is 0. The summed E-state index contributed by atoms with van der Waals surface area (Å²) >= 11 is 0. The Morgan fingerprint density at radius 1 is 1.00 bits per heavy atom. The monoisotopic (exact) mass is 120 g/mol. The smallest absolute Gasteiger partial charge is 0 e. The summed E-state index contributed by atoms with van der Waals surface area (Å²) in [5.41, 5.74) is 0. The number of hydrogen-bond donors (Lipinski definition) is 0. The average molecular weight is 121 g/mol. The minimum absolute atomic E-state index is 0. The van der Waals surface area contributed by atoms with Gasteiger partial charge in [0.15, 0.2) is 0 Å². The summed E-state index contributed by atoms with van der Waals surface area (Å²) in [5, 5.41) is 0. The van der Waals surface area contributed by atoms with Crippen molar-refractivity contribution in [2.75, 3.05) is 0 Å². The summed E-state index contributed by atoms with van der Waals surface area (Å²) in [6, 6.07) is 0. The van der Waals surface area contributed by atoms with Crippen molar-refractivity contribution >= 4 is 38.0 Å². The molecule has 4 heteroatoms. The number of rotatable bonds is 0. The van der Waals surface area contributed by atoms with Crippen LogP contribution in [0, 0.1) is 0 Å². The summed E-state index contributed by atoms with van der Waals surface area (Å²) in [6.07, 6.45) is 0. The van der Waals surface area contributed by atoms with Crippen molar-refractivity contribution in [1.82, 2.24) is 0 Å². The van der Waals surface area contributed by atoms with Crippen molar-refractivity contribution in [3.05, 3.63) is 0 Å². The van der Waals surface area contributed by atoms with Crippen molar-refractivity contribution in [1.29, 1.82) is 0 Å². The molecule has 0 spiro atoms. The van der Waals surface area contributed by atoms with Gasteiger partial charge >= 0.3 is 29.6 Å². The maximum absolute atomic E-state index is 0. The first-order valence-corrected chi connectivity index (χ1v) is 0. The van der Waals surface area contributed by atoms with Crippen LogP contribution in [0.4, 0.5) is 0 Å². The van der Waals surface area contributed by atoms with Crippen LogP contribution in [0.3, 0.4) is 0 Å². The predicted octanol–water partition coefficient (Wildman–Crippen LogP) is -2.66. The third kappa shape index (κ3) is 9.42. The first-order chi connectivity index (χ1) is 0. The molecule has 0 aromatic rings. The Bertz CT molecular complexity index is 8.00.